The van der Waals surface area contributed by atoms with Gasteiger partial charge in [-0.05, 0) is 13.1 Å². The number of alkyl halides is 2. The zero-order valence-electron chi connectivity index (χ0n) is 5.62. The number of halogens is 2. The molecule has 1 N–H and O–H groups in total. The van der Waals surface area contributed by atoms with E-state index in [1.165, 1.54) is 6.08 Å². The molecule has 1 nitrogen and oxygen atoms in total. The van der Waals surface area contributed by atoms with E-state index in [0.717, 1.165) is 13.0 Å². The summed E-state index contributed by atoms with van der Waals surface area (Å²) in [6.45, 7) is 1.35. The van der Waals surface area contributed by atoms with Gasteiger partial charge in [0.25, 0.3) is 5.92 Å². The van der Waals surface area contributed by atoms with E-state index < -0.39 is 5.92 Å². The Bertz CT molecular complexity index is 93.7. The molecule has 54 valence electrons. The van der Waals surface area contributed by atoms with E-state index in [1.807, 2.05) is 0 Å². The van der Waals surface area contributed by atoms with Gasteiger partial charge in [-0.3, -0.25) is 0 Å². The Morgan fingerprint density at radius 3 is 2.44 bits per heavy atom. The van der Waals surface area contributed by atoms with Gasteiger partial charge in [-0.2, -0.15) is 0 Å². The number of hydrogen-bond donors (Lipinski definition) is 1. The van der Waals surface area contributed by atoms with Gasteiger partial charge in [0.05, 0.1) is 0 Å². The molecule has 0 spiro atoms. The molecule has 0 bridgehead atoms. The van der Waals surface area contributed by atoms with E-state index in [1.54, 1.807) is 7.05 Å². The van der Waals surface area contributed by atoms with Gasteiger partial charge in [0, 0.05) is 13.5 Å². The van der Waals surface area contributed by atoms with E-state index in [4.69, 9.17) is 0 Å². The Morgan fingerprint density at radius 1 is 1.56 bits per heavy atom. The van der Waals surface area contributed by atoms with Crippen molar-refractivity contribution in [2.75, 3.05) is 13.6 Å². The highest BCUT2D eigenvalue weighted by Gasteiger charge is 2.14. The summed E-state index contributed by atoms with van der Waals surface area (Å²) in [5.41, 5.74) is 0. The average Bonchev–Trinajstić information content (AvgIpc) is 1.63. The minimum absolute atomic E-state index is 0.490. The summed E-state index contributed by atoms with van der Waals surface area (Å²) < 4.78 is 23.9. The van der Waals surface area contributed by atoms with Crippen LogP contribution in [0, 0.1) is 0 Å². The van der Waals surface area contributed by atoms with Crippen LogP contribution in [-0.4, -0.2) is 19.5 Å². The molecule has 0 aliphatic heterocycles. The molecule has 0 unspecified atom stereocenters. The molecule has 0 rings (SSSR count). The van der Waals surface area contributed by atoms with Gasteiger partial charge in [0.15, 0.2) is 0 Å². The van der Waals surface area contributed by atoms with Crippen molar-refractivity contribution >= 4 is 0 Å². The Morgan fingerprint density at radius 2 is 2.11 bits per heavy atom. The van der Waals surface area contributed by atoms with E-state index in [9.17, 15) is 8.78 Å². The van der Waals surface area contributed by atoms with Crippen molar-refractivity contribution in [3.05, 3.63) is 12.2 Å². The van der Waals surface area contributed by atoms with Gasteiger partial charge in [-0.15, -0.1) is 0 Å². The number of allylic oxidation sites excluding steroid dienone is 1. The van der Waals surface area contributed by atoms with Crippen molar-refractivity contribution in [3.8, 4) is 0 Å². The Kier molecular flexibility index (Phi) is 3.39. The van der Waals surface area contributed by atoms with Crippen LogP contribution in [0.15, 0.2) is 12.2 Å². The molecule has 9 heavy (non-hydrogen) atoms. The van der Waals surface area contributed by atoms with Crippen LogP contribution < -0.4 is 5.32 Å². The number of rotatable bonds is 3. The highest BCUT2D eigenvalue weighted by molar-refractivity contribution is 4.92. The highest BCUT2D eigenvalue weighted by atomic mass is 19.3. The smallest absolute Gasteiger partial charge is 0.263 e. The summed E-state index contributed by atoms with van der Waals surface area (Å²) in [6, 6.07) is 0. The van der Waals surface area contributed by atoms with Crippen LogP contribution >= 0.6 is 0 Å². The average molecular weight is 135 g/mol. The second-order valence-electron chi connectivity index (χ2n) is 1.92. The fraction of sp³-hybridized carbons (Fsp3) is 0.667. The number of hydrogen-bond acceptors (Lipinski definition) is 1. The van der Waals surface area contributed by atoms with Crippen LogP contribution in [0.2, 0.25) is 0 Å². The fourth-order valence-corrected chi connectivity index (χ4v) is 0.384. The lowest BCUT2D eigenvalue weighted by Crippen LogP contribution is -2.08. The van der Waals surface area contributed by atoms with Gasteiger partial charge in [0.1, 0.15) is 0 Å². The molecule has 0 amide bonds. The quantitative estimate of drug-likeness (QED) is 0.577. The first-order valence-corrected chi connectivity index (χ1v) is 2.76. The molecule has 0 aromatic rings. The maximum Gasteiger partial charge on any atom is 0.263 e. The van der Waals surface area contributed by atoms with E-state index in [0.29, 0.717) is 6.54 Å². The molecule has 3 heteroatoms. The Balaban J connectivity index is 3.45. The van der Waals surface area contributed by atoms with Crippen LogP contribution in [-0.2, 0) is 0 Å². The summed E-state index contributed by atoms with van der Waals surface area (Å²) in [7, 11) is 1.71. The van der Waals surface area contributed by atoms with Crippen molar-refractivity contribution in [3.63, 3.8) is 0 Å². The second kappa shape index (κ2) is 3.56. The molecular formula is C6H11F2N. The molecule has 0 saturated carbocycles. The van der Waals surface area contributed by atoms with Crippen LogP contribution in [0.4, 0.5) is 8.78 Å². The first kappa shape index (κ1) is 8.56. The van der Waals surface area contributed by atoms with Gasteiger partial charge in [-0.25, -0.2) is 8.78 Å². The van der Waals surface area contributed by atoms with Crippen molar-refractivity contribution < 1.29 is 8.78 Å². The molecule has 0 aromatic heterocycles. The third-order valence-corrected chi connectivity index (χ3v) is 0.732. The van der Waals surface area contributed by atoms with Crippen molar-refractivity contribution in [1.82, 2.24) is 5.32 Å². The van der Waals surface area contributed by atoms with Gasteiger partial charge in [-0.1, -0.05) is 6.08 Å². The monoisotopic (exact) mass is 135 g/mol. The van der Waals surface area contributed by atoms with Crippen molar-refractivity contribution in [1.29, 1.82) is 0 Å². The van der Waals surface area contributed by atoms with E-state index >= 15 is 0 Å². The maximum absolute atomic E-state index is 11.9. The minimum atomic E-state index is -2.67. The van der Waals surface area contributed by atoms with Gasteiger partial charge < -0.3 is 5.32 Å². The number of nitrogens with one attached hydrogen (secondary N) is 1. The molecule has 0 aliphatic carbocycles. The first-order chi connectivity index (χ1) is 4.06. The maximum atomic E-state index is 11.9. The summed E-state index contributed by atoms with van der Waals surface area (Å²) in [4.78, 5) is 0. The molecule has 0 saturated heterocycles. The molecule has 0 fully saturated rings. The fourth-order valence-electron chi connectivity index (χ4n) is 0.384. The van der Waals surface area contributed by atoms with Crippen LogP contribution in [0.3, 0.4) is 0 Å². The lowest BCUT2D eigenvalue weighted by Gasteiger charge is -2.00. The van der Waals surface area contributed by atoms with Crippen LogP contribution in [0.5, 0.6) is 0 Å². The zero-order valence-corrected chi connectivity index (χ0v) is 5.62. The summed E-state index contributed by atoms with van der Waals surface area (Å²) in [5.74, 6) is -2.67. The molecule has 0 radical (unpaired) electrons. The number of likely N-dealkylation sites (N-methyl/N-ethyl adjacent to an activating group) is 1. The van der Waals surface area contributed by atoms with E-state index in [-0.39, 0.29) is 0 Å². The predicted molar refractivity (Wildman–Crippen MR) is 33.7 cm³/mol. The second-order valence-corrected chi connectivity index (χ2v) is 1.92. The molecule has 0 heterocycles. The normalized spacial score (nSPS) is 12.9. The summed E-state index contributed by atoms with van der Waals surface area (Å²) in [5, 5.41) is 2.72. The van der Waals surface area contributed by atoms with Crippen molar-refractivity contribution in [2.45, 2.75) is 12.8 Å². The Hall–Kier alpha value is -0.440. The minimum Gasteiger partial charge on any atom is -0.316 e. The summed E-state index contributed by atoms with van der Waals surface area (Å²) in [6.07, 6.45) is 2.28. The van der Waals surface area contributed by atoms with Gasteiger partial charge >= 0.3 is 0 Å². The molecule has 0 aromatic carbocycles. The predicted octanol–water partition coefficient (Wildman–Crippen LogP) is 1.42. The largest absolute Gasteiger partial charge is 0.316 e. The third-order valence-electron chi connectivity index (χ3n) is 0.732. The zero-order chi connectivity index (χ0) is 7.33. The highest BCUT2D eigenvalue weighted by Crippen LogP contribution is 2.11. The lowest BCUT2D eigenvalue weighted by atomic mass is 10.3. The van der Waals surface area contributed by atoms with Gasteiger partial charge in [0.2, 0.25) is 0 Å². The third kappa shape index (κ3) is 7.56. The SMILES string of the molecule is CNC/C=C/C(C)(F)F. The standard InChI is InChI=1S/C6H11F2N/c1-6(7,8)4-3-5-9-2/h3-4,9H,5H2,1-2H3/b4-3+. The van der Waals surface area contributed by atoms with Crippen molar-refractivity contribution in [2.24, 2.45) is 0 Å². The van der Waals surface area contributed by atoms with Crippen LogP contribution in [0.1, 0.15) is 6.92 Å². The topological polar surface area (TPSA) is 12.0 Å². The first-order valence-electron chi connectivity index (χ1n) is 2.76. The van der Waals surface area contributed by atoms with Crippen LogP contribution in [0.25, 0.3) is 0 Å². The van der Waals surface area contributed by atoms with E-state index in [2.05, 4.69) is 5.32 Å². The molecule has 0 atom stereocenters. The molecule has 0 aliphatic rings. The molecular weight excluding hydrogens is 124 g/mol. The Labute approximate surface area is 53.8 Å². The lowest BCUT2D eigenvalue weighted by molar-refractivity contribution is 0.0772. The summed E-state index contributed by atoms with van der Waals surface area (Å²) >= 11 is 0.